The third kappa shape index (κ3) is 4.51. The van der Waals surface area contributed by atoms with E-state index < -0.39 is 0 Å². The molecule has 36 heavy (non-hydrogen) atoms. The van der Waals surface area contributed by atoms with Crippen molar-refractivity contribution in [1.29, 1.82) is 0 Å². The molecule has 4 aliphatic carbocycles. The summed E-state index contributed by atoms with van der Waals surface area (Å²) in [5, 5.41) is 0. The van der Waals surface area contributed by atoms with Crippen molar-refractivity contribution in [1.82, 2.24) is 0 Å². The van der Waals surface area contributed by atoms with Crippen LogP contribution in [0.5, 0.6) is 5.75 Å². The number of carbonyl (C=O) groups excluding carboxylic acids is 1. The Hall–Kier alpha value is -2.55. The molecule has 5 atom stereocenters. The molecule has 0 amide bonds. The first-order chi connectivity index (χ1) is 17.6. The van der Waals surface area contributed by atoms with Gasteiger partial charge in [0.1, 0.15) is 11.9 Å². The van der Waals surface area contributed by atoms with Crippen LogP contribution >= 0.6 is 0 Å². The molecule has 2 saturated carbocycles. The summed E-state index contributed by atoms with van der Waals surface area (Å²) in [5.74, 6) is 3.80. The van der Waals surface area contributed by atoms with Gasteiger partial charge in [0.2, 0.25) is 0 Å². The molecular weight excluding hydrogens is 444 g/mol. The molecule has 190 valence electrons. The van der Waals surface area contributed by atoms with Crippen molar-refractivity contribution in [2.45, 2.75) is 96.0 Å². The average Bonchev–Trinajstić information content (AvgIpc) is 3.21. The van der Waals surface area contributed by atoms with Gasteiger partial charge in [-0.15, -0.1) is 0 Å². The van der Waals surface area contributed by atoms with Crippen LogP contribution in [0.3, 0.4) is 0 Å². The number of esters is 1. The van der Waals surface area contributed by atoms with Crippen molar-refractivity contribution in [2.24, 2.45) is 17.3 Å². The summed E-state index contributed by atoms with van der Waals surface area (Å²) in [6.07, 6.45) is 17.7. The molecule has 0 radical (unpaired) electrons. The van der Waals surface area contributed by atoms with Gasteiger partial charge in [0.15, 0.2) is 0 Å². The normalized spacial score (nSPS) is 31.6. The van der Waals surface area contributed by atoms with Crippen molar-refractivity contribution in [3.8, 4) is 5.75 Å². The Balaban J connectivity index is 1.16. The molecule has 0 N–H and O–H groups in total. The number of allylic oxidation sites excluding steroid dienone is 2. The van der Waals surface area contributed by atoms with E-state index in [0.717, 1.165) is 24.7 Å². The number of hydrogen-bond donors (Lipinski definition) is 0. The van der Waals surface area contributed by atoms with Crippen LogP contribution in [0.1, 0.15) is 105 Å². The van der Waals surface area contributed by atoms with Crippen LogP contribution in [0, 0.1) is 17.3 Å². The molecule has 0 bridgehead atoms. The predicted octanol–water partition coefficient (Wildman–Crippen LogP) is 8.39. The maximum atomic E-state index is 12.5. The first-order valence-corrected chi connectivity index (χ1v) is 14.4. The summed E-state index contributed by atoms with van der Waals surface area (Å²) in [6.45, 7) is 2.54. The van der Waals surface area contributed by atoms with E-state index in [-0.39, 0.29) is 5.97 Å². The number of ether oxygens (including phenoxy) is 2. The van der Waals surface area contributed by atoms with Crippen molar-refractivity contribution >= 4 is 5.97 Å². The lowest BCUT2D eigenvalue weighted by Gasteiger charge is -2.50. The zero-order valence-corrected chi connectivity index (χ0v) is 21.7. The van der Waals surface area contributed by atoms with E-state index in [9.17, 15) is 4.79 Å². The quantitative estimate of drug-likeness (QED) is 0.323. The lowest BCUT2D eigenvalue weighted by molar-refractivity contribution is -0.0410. The SMILES string of the molecule is C[C@]12CC[C@@H]3c4ccc(OC(=O)c5ccccc5)cc4CC[C@H]3[C@@H]1CC[C@@H]2OC1=CCCCCCC1. The van der Waals surface area contributed by atoms with Crippen LogP contribution in [0.2, 0.25) is 0 Å². The zero-order valence-electron chi connectivity index (χ0n) is 21.7. The Labute approximate surface area is 216 Å². The summed E-state index contributed by atoms with van der Waals surface area (Å²) in [6, 6.07) is 15.6. The molecule has 0 saturated heterocycles. The molecule has 2 aromatic carbocycles. The first-order valence-electron chi connectivity index (χ1n) is 14.4. The topological polar surface area (TPSA) is 35.5 Å². The average molecular weight is 485 g/mol. The highest BCUT2D eigenvalue weighted by Crippen LogP contribution is 2.62. The fourth-order valence-electron chi connectivity index (χ4n) is 7.96. The van der Waals surface area contributed by atoms with Crippen molar-refractivity contribution in [3.63, 3.8) is 0 Å². The van der Waals surface area contributed by atoms with Gasteiger partial charge < -0.3 is 9.47 Å². The summed E-state index contributed by atoms with van der Waals surface area (Å²) >= 11 is 0. The van der Waals surface area contributed by atoms with E-state index >= 15 is 0 Å². The fourth-order valence-corrected chi connectivity index (χ4v) is 7.96. The number of benzene rings is 2. The van der Waals surface area contributed by atoms with E-state index in [4.69, 9.17) is 9.47 Å². The van der Waals surface area contributed by atoms with Crippen LogP contribution in [-0.4, -0.2) is 12.1 Å². The first kappa shape index (κ1) is 23.8. The van der Waals surface area contributed by atoms with Crippen LogP contribution < -0.4 is 4.74 Å². The van der Waals surface area contributed by atoms with Crippen LogP contribution in [0.4, 0.5) is 0 Å². The van der Waals surface area contributed by atoms with Gasteiger partial charge in [-0.2, -0.15) is 0 Å². The monoisotopic (exact) mass is 484 g/mol. The third-order valence-corrected chi connectivity index (χ3v) is 9.87. The Morgan fingerprint density at radius 3 is 2.67 bits per heavy atom. The molecule has 0 aromatic heterocycles. The molecule has 3 nitrogen and oxygen atoms in total. The minimum atomic E-state index is -0.283. The molecular formula is C33H40O3. The maximum Gasteiger partial charge on any atom is 0.343 e. The molecule has 0 unspecified atom stereocenters. The number of carbonyl (C=O) groups is 1. The summed E-state index contributed by atoms with van der Waals surface area (Å²) < 4.78 is 12.5. The Morgan fingerprint density at radius 2 is 1.78 bits per heavy atom. The van der Waals surface area contributed by atoms with Crippen molar-refractivity contribution < 1.29 is 14.3 Å². The second-order valence-corrected chi connectivity index (χ2v) is 11.9. The van der Waals surface area contributed by atoms with Gasteiger partial charge in [0.25, 0.3) is 0 Å². The summed E-state index contributed by atoms with van der Waals surface area (Å²) in [5.41, 5.74) is 3.77. The lowest BCUT2D eigenvalue weighted by atomic mass is 9.55. The number of fused-ring (bicyclic) bond motifs is 5. The van der Waals surface area contributed by atoms with Crippen LogP contribution in [-0.2, 0) is 11.2 Å². The number of rotatable bonds is 4. The van der Waals surface area contributed by atoms with Crippen LogP contribution in [0.15, 0.2) is 60.4 Å². The van der Waals surface area contributed by atoms with Gasteiger partial charge >= 0.3 is 5.97 Å². The van der Waals surface area contributed by atoms with Gasteiger partial charge in [0.05, 0.1) is 11.3 Å². The highest BCUT2D eigenvalue weighted by Gasteiger charge is 2.56. The Morgan fingerprint density at radius 1 is 0.917 bits per heavy atom. The summed E-state index contributed by atoms with van der Waals surface area (Å²) in [7, 11) is 0. The molecule has 0 heterocycles. The largest absolute Gasteiger partial charge is 0.495 e. The highest BCUT2D eigenvalue weighted by atomic mass is 16.5. The Bertz CT molecular complexity index is 1120. The van der Waals surface area contributed by atoms with Gasteiger partial charge in [-0.05, 0) is 117 Å². The molecule has 2 aromatic rings. The number of aryl methyl sites for hydroxylation is 1. The highest BCUT2D eigenvalue weighted by molar-refractivity contribution is 5.91. The predicted molar refractivity (Wildman–Crippen MR) is 143 cm³/mol. The molecule has 6 rings (SSSR count). The van der Waals surface area contributed by atoms with E-state index in [1.165, 1.54) is 81.1 Å². The van der Waals surface area contributed by atoms with Gasteiger partial charge in [-0.1, -0.05) is 44.0 Å². The molecule has 4 aliphatic rings. The van der Waals surface area contributed by atoms with Gasteiger partial charge in [-0.3, -0.25) is 0 Å². The summed E-state index contributed by atoms with van der Waals surface area (Å²) in [4.78, 5) is 12.5. The maximum absolute atomic E-state index is 12.5. The minimum absolute atomic E-state index is 0.283. The molecule has 3 heteroatoms. The zero-order chi connectivity index (χ0) is 24.5. The van der Waals surface area contributed by atoms with Crippen molar-refractivity contribution in [3.05, 3.63) is 77.1 Å². The van der Waals surface area contributed by atoms with E-state index in [2.05, 4.69) is 25.1 Å². The fraction of sp³-hybridized carbons (Fsp3) is 0.545. The second kappa shape index (κ2) is 10.1. The Kier molecular flexibility index (Phi) is 6.67. The van der Waals surface area contributed by atoms with Gasteiger partial charge in [-0.25, -0.2) is 4.79 Å². The smallest absolute Gasteiger partial charge is 0.343 e. The van der Waals surface area contributed by atoms with E-state index in [1.807, 2.05) is 24.3 Å². The standard InChI is InChI=1S/C33H40O3/c1-33-21-20-28-27-17-15-26(36-32(34)23-10-6-5-7-11-23)22-24(27)14-16-29(28)30(33)18-19-31(33)35-25-12-8-3-2-4-9-13-25/h5-7,10-12,15,17,22,28-31H,2-4,8-9,13-14,16,18-21H2,1H3/t28-,29-,30+,31+,33+/m1/s1. The number of hydrogen-bond acceptors (Lipinski definition) is 3. The lowest BCUT2D eigenvalue weighted by Crippen LogP contribution is -2.44. The molecule has 0 aliphatic heterocycles. The molecule has 2 fully saturated rings. The molecule has 0 spiro atoms. The van der Waals surface area contributed by atoms with Gasteiger partial charge in [0, 0.05) is 11.8 Å². The van der Waals surface area contributed by atoms with Crippen LogP contribution in [0.25, 0.3) is 0 Å². The van der Waals surface area contributed by atoms with Crippen molar-refractivity contribution in [2.75, 3.05) is 0 Å². The second-order valence-electron chi connectivity index (χ2n) is 11.9. The minimum Gasteiger partial charge on any atom is -0.495 e. The third-order valence-electron chi connectivity index (χ3n) is 9.87. The van der Waals surface area contributed by atoms with E-state index in [0.29, 0.717) is 28.7 Å². The van der Waals surface area contributed by atoms with E-state index in [1.54, 1.807) is 12.1 Å².